The van der Waals surface area contributed by atoms with E-state index in [1.165, 1.54) is 127 Å². The van der Waals surface area contributed by atoms with E-state index in [1.807, 2.05) is 0 Å². The van der Waals surface area contributed by atoms with Crippen LogP contribution in [0.25, 0.3) is 66.1 Å². The van der Waals surface area contributed by atoms with Gasteiger partial charge in [0.1, 0.15) is 11.2 Å². The maximum Gasteiger partial charge on any atom is 0.145 e. The first-order valence-electron chi connectivity index (χ1n) is 26.6. The topological polar surface area (TPSA) is 19.6 Å². The molecule has 4 saturated carbocycles. The Balaban J connectivity index is 1.01. The zero-order chi connectivity index (χ0) is 48.4. The molecule has 3 heteroatoms. The molecule has 0 amide bonds. The number of nitrogens with zero attached hydrogens (tertiary/aromatic N) is 2. The molecule has 1 aromatic heterocycles. The Labute approximate surface area is 428 Å². The first-order chi connectivity index (χ1) is 36.0. The van der Waals surface area contributed by atoms with E-state index in [2.05, 4.69) is 242 Å². The maximum atomic E-state index is 7.43. The van der Waals surface area contributed by atoms with Crippen molar-refractivity contribution in [3.05, 3.63) is 241 Å². The summed E-state index contributed by atoms with van der Waals surface area (Å²) in [6, 6.07) is 81.4. The average Bonchev–Trinajstić information content (AvgIpc) is 3.96. The SMILES string of the molecule is Cc1ccccc1N(c1ccc2cc3c(cc2c1)C1(c2cc(N(c4ccccc4C)c4ccccc4-c4ccccc4)c4c(oc5ccccc54)c2-3)C2CC3CC(C2)CC1C3)c1ccccc1-c1ccccc1. The van der Waals surface area contributed by atoms with Crippen LogP contribution in [0, 0.1) is 37.5 Å². The fourth-order valence-corrected chi connectivity index (χ4v) is 15.1. The summed E-state index contributed by atoms with van der Waals surface area (Å²) in [5, 5.41) is 4.86. The first kappa shape index (κ1) is 42.5. The smallest absolute Gasteiger partial charge is 0.145 e. The Morgan fingerprint density at radius 1 is 0.411 bits per heavy atom. The minimum Gasteiger partial charge on any atom is -0.455 e. The van der Waals surface area contributed by atoms with Gasteiger partial charge in [0.15, 0.2) is 0 Å². The Kier molecular flexibility index (Phi) is 9.58. The summed E-state index contributed by atoms with van der Waals surface area (Å²) in [7, 11) is 0. The number of hydrogen-bond donors (Lipinski definition) is 0. The number of benzene rings is 10. The molecule has 73 heavy (non-hydrogen) atoms. The molecule has 11 aromatic rings. The van der Waals surface area contributed by atoms with E-state index in [4.69, 9.17) is 4.42 Å². The molecule has 0 saturated heterocycles. The maximum absolute atomic E-state index is 7.43. The molecule has 5 aliphatic carbocycles. The molecule has 5 aliphatic rings. The number of anilines is 6. The molecule has 352 valence electrons. The molecule has 0 atom stereocenters. The lowest BCUT2D eigenvalue weighted by Gasteiger charge is -2.61. The highest BCUT2D eigenvalue weighted by molar-refractivity contribution is 6.20. The van der Waals surface area contributed by atoms with Gasteiger partial charge in [-0.3, -0.25) is 0 Å². The number of rotatable bonds is 8. The summed E-state index contributed by atoms with van der Waals surface area (Å²) in [4.78, 5) is 5.08. The van der Waals surface area contributed by atoms with Crippen molar-refractivity contribution in [2.24, 2.45) is 23.7 Å². The predicted octanol–water partition coefficient (Wildman–Crippen LogP) is 19.4. The summed E-state index contributed by atoms with van der Waals surface area (Å²) >= 11 is 0. The molecule has 0 N–H and O–H groups in total. The van der Waals surface area contributed by atoms with Gasteiger partial charge in [0.2, 0.25) is 0 Å². The number of aryl methyl sites for hydroxylation is 2. The molecule has 3 nitrogen and oxygen atoms in total. The molecular formula is C70H56N2O. The van der Waals surface area contributed by atoms with Gasteiger partial charge in [-0.15, -0.1) is 0 Å². The molecule has 16 rings (SSSR count). The molecule has 1 spiro atoms. The van der Waals surface area contributed by atoms with Crippen LogP contribution in [0.4, 0.5) is 34.1 Å². The Morgan fingerprint density at radius 2 is 0.945 bits per heavy atom. The van der Waals surface area contributed by atoms with Gasteiger partial charge in [0, 0.05) is 44.6 Å². The van der Waals surface area contributed by atoms with Gasteiger partial charge in [-0.25, -0.2) is 0 Å². The van der Waals surface area contributed by atoms with E-state index >= 15 is 0 Å². The van der Waals surface area contributed by atoms with E-state index in [-0.39, 0.29) is 5.41 Å². The first-order valence-corrected chi connectivity index (χ1v) is 26.6. The standard InChI is InChI=1S/C70H56N2O/c1-44-19-9-14-28-61(44)71(63-30-16-11-25-55(63)48-21-5-3-6-22-48)54-34-33-50-41-58-59(42-51(50)40-54)70(52-36-46-35-47(38-52)39-53(70)37-46)60-43-65(68-57-27-13-18-32-66(57)73-69(68)67(58)60)72(62-29-15-10-20-45(62)2)64-31-17-12-26-56(64)49-23-7-4-8-24-49/h3-34,40-43,46-47,52-53H,35-39H2,1-2H3. The normalized spacial score (nSPS) is 20.2. The summed E-state index contributed by atoms with van der Waals surface area (Å²) in [5.41, 5.74) is 21.8. The lowest BCUT2D eigenvalue weighted by atomic mass is 9.43. The van der Waals surface area contributed by atoms with Crippen molar-refractivity contribution in [3.63, 3.8) is 0 Å². The Hall–Kier alpha value is -8.14. The third-order valence-electron chi connectivity index (χ3n) is 17.8. The number of furan rings is 1. The van der Waals surface area contributed by atoms with Crippen molar-refractivity contribution in [2.75, 3.05) is 9.80 Å². The van der Waals surface area contributed by atoms with Crippen LogP contribution in [0.5, 0.6) is 0 Å². The highest BCUT2D eigenvalue weighted by Crippen LogP contribution is 2.71. The van der Waals surface area contributed by atoms with Crippen molar-refractivity contribution >= 4 is 66.8 Å². The fourth-order valence-electron chi connectivity index (χ4n) is 15.1. The van der Waals surface area contributed by atoms with Gasteiger partial charge in [-0.05, 0) is 180 Å². The summed E-state index contributed by atoms with van der Waals surface area (Å²) in [5.74, 6) is 2.69. The summed E-state index contributed by atoms with van der Waals surface area (Å²) < 4.78 is 7.43. The number of hydrogen-bond acceptors (Lipinski definition) is 3. The summed E-state index contributed by atoms with van der Waals surface area (Å²) in [6.07, 6.45) is 6.54. The van der Waals surface area contributed by atoms with Gasteiger partial charge in [0.25, 0.3) is 0 Å². The molecule has 0 aliphatic heterocycles. The molecule has 0 radical (unpaired) electrons. The van der Waals surface area contributed by atoms with E-state index in [1.54, 1.807) is 0 Å². The van der Waals surface area contributed by atoms with Crippen molar-refractivity contribution in [3.8, 4) is 33.4 Å². The van der Waals surface area contributed by atoms with Crippen LogP contribution >= 0.6 is 0 Å². The van der Waals surface area contributed by atoms with Gasteiger partial charge < -0.3 is 14.2 Å². The van der Waals surface area contributed by atoms with Gasteiger partial charge in [-0.2, -0.15) is 0 Å². The number of fused-ring (bicyclic) bond motifs is 8. The van der Waals surface area contributed by atoms with Gasteiger partial charge >= 0.3 is 0 Å². The Morgan fingerprint density at radius 3 is 1.58 bits per heavy atom. The minimum atomic E-state index is -0.157. The minimum absolute atomic E-state index is 0.157. The highest BCUT2D eigenvalue weighted by atomic mass is 16.3. The quantitative estimate of drug-likeness (QED) is 0.151. The van der Waals surface area contributed by atoms with E-state index in [0.29, 0.717) is 11.8 Å². The zero-order valence-corrected chi connectivity index (χ0v) is 41.4. The third kappa shape index (κ3) is 6.37. The largest absolute Gasteiger partial charge is 0.455 e. The molecule has 0 unspecified atom stereocenters. The van der Waals surface area contributed by atoms with Crippen molar-refractivity contribution in [1.29, 1.82) is 0 Å². The van der Waals surface area contributed by atoms with Crippen molar-refractivity contribution in [2.45, 2.75) is 51.4 Å². The molecule has 1 heterocycles. The van der Waals surface area contributed by atoms with Crippen LogP contribution in [0.1, 0.15) is 54.4 Å². The second kappa shape index (κ2) is 16.4. The van der Waals surface area contributed by atoms with Gasteiger partial charge in [-0.1, -0.05) is 158 Å². The van der Waals surface area contributed by atoms with E-state index < -0.39 is 0 Å². The van der Waals surface area contributed by atoms with Crippen LogP contribution in [-0.2, 0) is 5.41 Å². The Bertz CT molecular complexity index is 3950. The highest BCUT2D eigenvalue weighted by Gasteiger charge is 2.62. The zero-order valence-electron chi connectivity index (χ0n) is 41.4. The van der Waals surface area contributed by atoms with Crippen molar-refractivity contribution < 1.29 is 4.42 Å². The van der Waals surface area contributed by atoms with Crippen molar-refractivity contribution in [1.82, 2.24) is 0 Å². The van der Waals surface area contributed by atoms with Crippen LogP contribution in [0.2, 0.25) is 0 Å². The molecule has 4 fully saturated rings. The molecule has 10 aromatic carbocycles. The van der Waals surface area contributed by atoms with Crippen LogP contribution < -0.4 is 9.80 Å². The molecule has 4 bridgehead atoms. The van der Waals surface area contributed by atoms with Gasteiger partial charge in [0.05, 0.1) is 22.4 Å². The lowest BCUT2D eigenvalue weighted by molar-refractivity contribution is -0.0398. The lowest BCUT2D eigenvalue weighted by Crippen LogP contribution is -2.55. The summed E-state index contributed by atoms with van der Waals surface area (Å²) in [6.45, 7) is 4.50. The average molecular weight is 941 g/mol. The molecular weight excluding hydrogens is 885 g/mol. The van der Waals surface area contributed by atoms with E-state index in [0.717, 1.165) is 39.8 Å². The third-order valence-corrected chi connectivity index (χ3v) is 17.8. The van der Waals surface area contributed by atoms with Crippen LogP contribution in [-0.4, -0.2) is 0 Å². The number of para-hydroxylation sites is 5. The second-order valence-electron chi connectivity index (χ2n) is 21.7. The van der Waals surface area contributed by atoms with Crippen LogP contribution in [0.15, 0.2) is 223 Å². The van der Waals surface area contributed by atoms with E-state index in [9.17, 15) is 0 Å². The fraction of sp³-hybridized carbons (Fsp3) is 0.171. The predicted molar refractivity (Wildman–Crippen MR) is 304 cm³/mol. The monoisotopic (exact) mass is 940 g/mol. The van der Waals surface area contributed by atoms with Crippen LogP contribution in [0.3, 0.4) is 0 Å². The second-order valence-corrected chi connectivity index (χ2v) is 21.7.